The Kier molecular flexibility index (Phi) is 2.88. The van der Waals surface area contributed by atoms with Crippen molar-refractivity contribution in [2.75, 3.05) is 0 Å². The van der Waals surface area contributed by atoms with Gasteiger partial charge in [0.25, 0.3) is 5.56 Å². The number of nitrogens with two attached hydrogens (primary N) is 1. The topological polar surface area (TPSA) is 87.8 Å². The van der Waals surface area contributed by atoms with Gasteiger partial charge in [-0.1, -0.05) is 0 Å². The molecule has 2 aromatic rings. The van der Waals surface area contributed by atoms with Gasteiger partial charge in [0, 0.05) is 32.1 Å². The maximum atomic E-state index is 12.5. The molecule has 2 aromatic heterocycles. The number of rotatable bonds is 3. The summed E-state index contributed by atoms with van der Waals surface area (Å²) in [7, 11) is 3.14. The standard InChI is InChI=1S/C14H21N5O2/c1-14(2,15)7-19-9-11(16-10(19)8-5-6-8)17(3)13(21)18(4)12(9)20/h8H,5-7,15H2,1-4H3. The molecule has 0 bridgehead atoms. The highest BCUT2D eigenvalue weighted by Gasteiger charge is 2.32. The molecular formula is C14H21N5O2. The van der Waals surface area contributed by atoms with Crippen molar-refractivity contribution in [3.63, 3.8) is 0 Å². The lowest BCUT2D eigenvalue weighted by atomic mass is 10.1. The quantitative estimate of drug-likeness (QED) is 0.865. The Balaban J connectivity index is 2.40. The van der Waals surface area contributed by atoms with Crippen molar-refractivity contribution in [3.05, 3.63) is 26.7 Å². The minimum absolute atomic E-state index is 0.309. The van der Waals surface area contributed by atoms with E-state index in [0.717, 1.165) is 23.2 Å². The predicted octanol–water partition coefficient (Wildman–Crippen LogP) is 0.0484. The Morgan fingerprint density at radius 1 is 1.24 bits per heavy atom. The van der Waals surface area contributed by atoms with Crippen LogP contribution in [0.3, 0.4) is 0 Å². The lowest BCUT2D eigenvalue weighted by Crippen LogP contribution is -2.40. The summed E-state index contributed by atoms with van der Waals surface area (Å²) in [5, 5.41) is 0. The molecule has 1 fully saturated rings. The fourth-order valence-electron chi connectivity index (χ4n) is 2.68. The average molecular weight is 291 g/mol. The second kappa shape index (κ2) is 4.30. The van der Waals surface area contributed by atoms with Crippen LogP contribution in [0.15, 0.2) is 9.59 Å². The fourth-order valence-corrected chi connectivity index (χ4v) is 2.68. The molecule has 114 valence electrons. The molecule has 0 atom stereocenters. The van der Waals surface area contributed by atoms with Crippen LogP contribution in [0, 0.1) is 0 Å². The Morgan fingerprint density at radius 2 is 1.86 bits per heavy atom. The van der Waals surface area contributed by atoms with Gasteiger partial charge in [0.15, 0.2) is 11.2 Å². The van der Waals surface area contributed by atoms with Gasteiger partial charge in [-0.25, -0.2) is 9.78 Å². The van der Waals surface area contributed by atoms with Gasteiger partial charge in [-0.05, 0) is 26.7 Å². The zero-order valence-electron chi connectivity index (χ0n) is 12.9. The number of hydrogen-bond acceptors (Lipinski definition) is 4. The first-order valence-electron chi connectivity index (χ1n) is 7.16. The molecule has 0 aromatic carbocycles. The number of hydrogen-bond donors (Lipinski definition) is 1. The van der Waals surface area contributed by atoms with E-state index < -0.39 is 5.54 Å². The lowest BCUT2D eigenvalue weighted by Gasteiger charge is -2.21. The summed E-state index contributed by atoms with van der Waals surface area (Å²) < 4.78 is 4.47. The van der Waals surface area contributed by atoms with E-state index in [1.165, 1.54) is 11.6 Å². The van der Waals surface area contributed by atoms with Crippen LogP contribution in [0.1, 0.15) is 38.4 Å². The normalized spacial score (nSPS) is 15.9. The van der Waals surface area contributed by atoms with E-state index in [4.69, 9.17) is 5.73 Å². The van der Waals surface area contributed by atoms with Crippen molar-refractivity contribution < 1.29 is 0 Å². The van der Waals surface area contributed by atoms with Crippen LogP contribution >= 0.6 is 0 Å². The van der Waals surface area contributed by atoms with Crippen molar-refractivity contribution in [1.29, 1.82) is 0 Å². The van der Waals surface area contributed by atoms with E-state index in [0.29, 0.717) is 23.6 Å². The molecule has 21 heavy (non-hydrogen) atoms. The van der Waals surface area contributed by atoms with Crippen molar-refractivity contribution in [3.8, 4) is 0 Å². The van der Waals surface area contributed by atoms with Crippen LogP contribution < -0.4 is 17.0 Å². The third kappa shape index (κ3) is 2.21. The number of aryl methyl sites for hydroxylation is 1. The van der Waals surface area contributed by atoms with Gasteiger partial charge in [0.2, 0.25) is 0 Å². The van der Waals surface area contributed by atoms with Gasteiger partial charge in [-0.2, -0.15) is 0 Å². The van der Waals surface area contributed by atoms with Gasteiger partial charge < -0.3 is 10.3 Å². The van der Waals surface area contributed by atoms with Crippen LogP contribution in [0.2, 0.25) is 0 Å². The third-order valence-electron chi connectivity index (χ3n) is 3.89. The zero-order valence-corrected chi connectivity index (χ0v) is 12.9. The molecule has 0 unspecified atom stereocenters. The van der Waals surface area contributed by atoms with Crippen LogP contribution in [0.5, 0.6) is 0 Å². The number of nitrogens with zero attached hydrogens (tertiary/aromatic N) is 4. The molecule has 3 rings (SSSR count). The van der Waals surface area contributed by atoms with E-state index in [2.05, 4.69) is 4.98 Å². The van der Waals surface area contributed by atoms with Crippen molar-refractivity contribution in [2.24, 2.45) is 19.8 Å². The summed E-state index contributed by atoms with van der Waals surface area (Å²) >= 11 is 0. The molecule has 0 aliphatic heterocycles. The summed E-state index contributed by atoms with van der Waals surface area (Å²) in [5.74, 6) is 1.25. The first-order valence-corrected chi connectivity index (χ1v) is 7.16. The highest BCUT2D eigenvalue weighted by Crippen LogP contribution is 2.40. The molecule has 2 N–H and O–H groups in total. The summed E-state index contributed by atoms with van der Waals surface area (Å²) in [5.41, 5.74) is 5.94. The summed E-state index contributed by atoms with van der Waals surface area (Å²) in [4.78, 5) is 29.1. The Hall–Kier alpha value is -1.89. The molecule has 1 saturated carbocycles. The lowest BCUT2D eigenvalue weighted by molar-refractivity contribution is 0.431. The largest absolute Gasteiger partial charge is 0.332 e. The Labute approximate surface area is 122 Å². The average Bonchev–Trinajstić information content (AvgIpc) is 3.15. The fraction of sp³-hybridized carbons (Fsp3) is 0.643. The molecule has 0 saturated heterocycles. The molecule has 7 heteroatoms. The van der Waals surface area contributed by atoms with E-state index in [9.17, 15) is 9.59 Å². The van der Waals surface area contributed by atoms with E-state index in [1.54, 1.807) is 7.05 Å². The van der Waals surface area contributed by atoms with Crippen LogP contribution in [0.4, 0.5) is 0 Å². The van der Waals surface area contributed by atoms with E-state index in [1.807, 2.05) is 18.4 Å². The maximum Gasteiger partial charge on any atom is 0.332 e. The van der Waals surface area contributed by atoms with Gasteiger partial charge >= 0.3 is 5.69 Å². The maximum absolute atomic E-state index is 12.5. The molecular weight excluding hydrogens is 270 g/mol. The smallest absolute Gasteiger partial charge is 0.324 e. The first-order chi connectivity index (χ1) is 9.70. The highest BCUT2D eigenvalue weighted by molar-refractivity contribution is 5.71. The second-order valence-corrected chi connectivity index (χ2v) is 6.70. The van der Waals surface area contributed by atoms with E-state index in [-0.39, 0.29) is 11.2 Å². The minimum atomic E-state index is -0.461. The summed E-state index contributed by atoms with van der Waals surface area (Å²) in [6.45, 7) is 4.34. The predicted molar refractivity (Wildman–Crippen MR) is 80.5 cm³/mol. The van der Waals surface area contributed by atoms with Crippen molar-refractivity contribution in [2.45, 2.75) is 44.7 Å². The third-order valence-corrected chi connectivity index (χ3v) is 3.89. The van der Waals surface area contributed by atoms with Crippen LogP contribution in [0.25, 0.3) is 11.2 Å². The van der Waals surface area contributed by atoms with Crippen molar-refractivity contribution in [1.82, 2.24) is 18.7 Å². The van der Waals surface area contributed by atoms with Crippen molar-refractivity contribution >= 4 is 11.2 Å². The van der Waals surface area contributed by atoms with Crippen LogP contribution in [-0.2, 0) is 20.6 Å². The number of imidazole rings is 1. The highest BCUT2D eigenvalue weighted by atomic mass is 16.2. The molecule has 1 aliphatic carbocycles. The SMILES string of the molecule is Cn1c(=O)c2c(nc(C3CC3)n2CC(C)(C)N)n(C)c1=O. The summed E-state index contributed by atoms with van der Waals surface area (Å²) in [6.07, 6.45) is 2.14. The van der Waals surface area contributed by atoms with E-state index >= 15 is 0 Å². The molecule has 1 aliphatic rings. The molecule has 2 heterocycles. The van der Waals surface area contributed by atoms with Gasteiger partial charge in [0.05, 0.1) is 0 Å². The first kappa shape index (κ1) is 14.1. The Morgan fingerprint density at radius 3 is 2.38 bits per heavy atom. The second-order valence-electron chi connectivity index (χ2n) is 6.70. The molecule has 7 nitrogen and oxygen atoms in total. The number of aromatic nitrogens is 4. The van der Waals surface area contributed by atoms with Gasteiger partial charge in [0.1, 0.15) is 5.82 Å². The van der Waals surface area contributed by atoms with Gasteiger partial charge in [-0.3, -0.25) is 13.9 Å². The Bertz CT molecular complexity index is 830. The number of fused-ring (bicyclic) bond motifs is 1. The van der Waals surface area contributed by atoms with Crippen LogP contribution in [-0.4, -0.2) is 24.2 Å². The minimum Gasteiger partial charge on any atom is -0.324 e. The summed E-state index contributed by atoms with van der Waals surface area (Å²) in [6, 6.07) is 0. The monoisotopic (exact) mass is 291 g/mol. The molecule has 0 amide bonds. The zero-order chi connectivity index (χ0) is 15.5. The van der Waals surface area contributed by atoms with Gasteiger partial charge in [-0.15, -0.1) is 0 Å². The molecule has 0 radical (unpaired) electrons. The molecule has 0 spiro atoms.